The molecule has 1 saturated carbocycles. The maximum Gasteiger partial charge on any atom is 0.149 e. The molecule has 4 nitrogen and oxygen atoms in total. The van der Waals surface area contributed by atoms with E-state index in [2.05, 4.69) is 27.0 Å². The number of rotatable bonds is 3. The van der Waals surface area contributed by atoms with Gasteiger partial charge in [-0.2, -0.15) is 0 Å². The Morgan fingerprint density at radius 3 is 2.86 bits per heavy atom. The Balaban J connectivity index is 2.19. The van der Waals surface area contributed by atoms with Gasteiger partial charge >= 0.3 is 0 Å². The highest BCUT2D eigenvalue weighted by Crippen LogP contribution is 2.30. The van der Waals surface area contributed by atoms with Crippen LogP contribution in [0.2, 0.25) is 0 Å². The first kappa shape index (κ1) is 9.65. The van der Waals surface area contributed by atoms with Crippen LogP contribution in [0.1, 0.15) is 50.5 Å². The minimum Gasteiger partial charge on any atom is -0.313 e. The van der Waals surface area contributed by atoms with Gasteiger partial charge in [0.1, 0.15) is 12.2 Å². The summed E-state index contributed by atoms with van der Waals surface area (Å²) in [6, 6.07) is 0.925. The van der Waals surface area contributed by atoms with Gasteiger partial charge in [-0.1, -0.05) is 12.8 Å². The zero-order valence-corrected chi connectivity index (χ0v) is 8.90. The highest BCUT2D eigenvalue weighted by Gasteiger charge is 2.21. The summed E-state index contributed by atoms with van der Waals surface area (Å²) in [4.78, 5) is 0. The second-order valence-electron chi connectivity index (χ2n) is 4.05. The van der Waals surface area contributed by atoms with E-state index in [9.17, 15) is 0 Å². The minimum absolute atomic E-state index is 0.290. The minimum atomic E-state index is 0.290. The first-order valence-electron chi connectivity index (χ1n) is 5.39. The van der Waals surface area contributed by atoms with Crippen LogP contribution in [0.4, 0.5) is 0 Å². The molecule has 0 spiro atoms. The van der Waals surface area contributed by atoms with Crippen LogP contribution in [0.25, 0.3) is 0 Å². The molecule has 2 rings (SSSR count). The van der Waals surface area contributed by atoms with Gasteiger partial charge in [-0.3, -0.25) is 0 Å². The van der Waals surface area contributed by atoms with Gasteiger partial charge in [0.15, 0.2) is 0 Å². The Hall–Kier alpha value is -0.900. The van der Waals surface area contributed by atoms with Gasteiger partial charge in [0, 0.05) is 6.04 Å². The van der Waals surface area contributed by atoms with Gasteiger partial charge in [0.2, 0.25) is 0 Å². The highest BCUT2D eigenvalue weighted by molar-refractivity contribution is 4.96. The van der Waals surface area contributed by atoms with Crippen molar-refractivity contribution in [2.45, 2.75) is 44.7 Å². The Bertz CT molecular complexity index is 288. The average molecular weight is 194 g/mol. The molecule has 1 atom stereocenters. The highest BCUT2D eigenvalue weighted by atomic mass is 15.3. The molecule has 1 aliphatic rings. The molecule has 78 valence electrons. The number of aromatic nitrogens is 3. The van der Waals surface area contributed by atoms with E-state index in [0.717, 1.165) is 5.82 Å². The summed E-state index contributed by atoms with van der Waals surface area (Å²) < 4.78 is 2.24. The van der Waals surface area contributed by atoms with E-state index in [1.807, 2.05) is 13.4 Å². The third-order valence-corrected chi connectivity index (χ3v) is 3.14. The van der Waals surface area contributed by atoms with Crippen LogP contribution in [0.3, 0.4) is 0 Å². The second-order valence-corrected chi connectivity index (χ2v) is 4.05. The van der Waals surface area contributed by atoms with E-state index in [1.165, 1.54) is 25.7 Å². The quantitative estimate of drug-likeness (QED) is 0.796. The molecular formula is C10H18N4. The van der Waals surface area contributed by atoms with E-state index < -0.39 is 0 Å². The predicted octanol–water partition coefficient (Wildman–Crippen LogP) is 1.67. The molecule has 1 unspecified atom stereocenters. The molecule has 1 heterocycles. The van der Waals surface area contributed by atoms with Crippen LogP contribution in [0, 0.1) is 0 Å². The lowest BCUT2D eigenvalue weighted by molar-refractivity contribution is 0.465. The molecule has 1 aliphatic carbocycles. The van der Waals surface area contributed by atoms with Crippen LogP contribution < -0.4 is 5.32 Å². The molecule has 14 heavy (non-hydrogen) atoms. The molecule has 0 amide bonds. The fourth-order valence-electron chi connectivity index (χ4n) is 2.15. The number of nitrogens with zero attached hydrogens (tertiary/aromatic N) is 3. The molecule has 0 aromatic carbocycles. The number of nitrogens with one attached hydrogen (secondary N) is 1. The van der Waals surface area contributed by atoms with Gasteiger partial charge in [-0.25, -0.2) is 0 Å². The van der Waals surface area contributed by atoms with Crippen LogP contribution in [-0.4, -0.2) is 21.8 Å². The lowest BCUT2D eigenvalue weighted by Crippen LogP contribution is -2.19. The van der Waals surface area contributed by atoms with Gasteiger partial charge in [-0.15, -0.1) is 10.2 Å². The largest absolute Gasteiger partial charge is 0.313 e. The van der Waals surface area contributed by atoms with Crippen LogP contribution in [-0.2, 0) is 0 Å². The van der Waals surface area contributed by atoms with Crippen molar-refractivity contribution in [3.05, 3.63) is 12.2 Å². The summed E-state index contributed by atoms with van der Waals surface area (Å²) >= 11 is 0. The fourth-order valence-corrected chi connectivity index (χ4v) is 2.15. The molecule has 1 fully saturated rings. The number of hydrogen-bond acceptors (Lipinski definition) is 3. The van der Waals surface area contributed by atoms with E-state index in [4.69, 9.17) is 0 Å². The van der Waals surface area contributed by atoms with Gasteiger partial charge in [0.25, 0.3) is 0 Å². The van der Waals surface area contributed by atoms with Crippen molar-refractivity contribution in [2.75, 3.05) is 7.05 Å². The van der Waals surface area contributed by atoms with Crippen molar-refractivity contribution in [1.29, 1.82) is 0 Å². The molecule has 0 radical (unpaired) electrons. The summed E-state index contributed by atoms with van der Waals surface area (Å²) in [5, 5.41) is 11.4. The van der Waals surface area contributed by atoms with E-state index in [-0.39, 0.29) is 6.04 Å². The SMILES string of the molecule is CNC(C)c1nncn1C1CCCC1. The standard InChI is InChI=1S/C10H18N4/c1-8(11-2)10-13-12-7-14(10)9-5-3-4-6-9/h7-9,11H,3-6H2,1-2H3. The first-order valence-corrected chi connectivity index (χ1v) is 5.39. The summed E-state index contributed by atoms with van der Waals surface area (Å²) in [6.45, 7) is 2.12. The maximum atomic E-state index is 4.18. The zero-order valence-electron chi connectivity index (χ0n) is 8.90. The molecule has 4 heteroatoms. The van der Waals surface area contributed by atoms with E-state index >= 15 is 0 Å². The van der Waals surface area contributed by atoms with Crippen molar-refractivity contribution in [2.24, 2.45) is 0 Å². The molecule has 0 bridgehead atoms. The summed E-state index contributed by atoms with van der Waals surface area (Å²) in [7, 11) is 1.96. The Labute approximate surface area is 84.7 Å². The topological polar surface area (TPSA) is 42.7 Å². The molecular weight excluding hydrogens is 176 g/mol. The third kappa shape index (κ3) is 1.66. The Kier molecular flexibility index (Phi) is 2.82. The third-order valence-electron chi connectivity index (χ3n) is 3.14. The average Bonchev–Trinajstić information content (AvgIpc) is 2.85. The molecule has 1 N–H and O–H groups in total. The second kappa shape index (κ2) is 4.09. The first-order chi connectivity index (χ1) is 6.83. The monoisotopic (exact) mass is 194 g/mol. The van der Waals surface area contributed by atoms with Crippen molar-refractivity contribution < 1.29 is 0 Å². The van der Waals surface area contributed by atoms with E-state index in [1.54, 1.807) is 0 Å². The smallest absolute Gasteiger partial charge is 0.149 e. The number of hydrogen-bond donors (Lipinski definition) is 1. The zero-order chi connectivity index (χ0) is 9.97. The molecule has 0 aliphatic heterocycles. The van der Waals surface area contributed by atoms with Gasteiger partial charge in [0.05, 0.1) is 6.04 Å². The van der Waals surface area contributed by atoms with Gasteiger partial charge in [-0.05, 0) is 26.8 Å². The maximum absolute atomic E-state index is 4.18. The van der Waals surface area contributed by atoms with Crippen molar-refractivity contribution in [3.8, 4) is 0 Å². The molecule has 1 aromatic heterocycles. The summed E-state index contributed by atoms with van der Waals surface area (Å²) in [6.07, 6.45) is 7.12. The summed E-state index contributed by atoms with van der Waals surface area (Å²) in [5.41, 5.74) is 0. The molecule has 1 aromatic rings. The Morgan fingerprint density at radius 2 is 2.21 bits per heavy atom. The van der Waals surface area contributed by atoms with E-state index in [0.29, 0.717) is 6.04 Å². The van der Waals surface area contributed by atoms with Crippen LogP contribution in [0.5, 0.6) is 0 Å². The van der Waals surface area contributed by atoms with Gasteiger partial charge < -0.3 is 9.88 Å². The van der Waals surface area contributed by atoms with Crippen LogP contribution in [0.15, 0.2) is 6.33 Å². The lowest BCUT2D eigenvalue weighted by atomic mass is 10.2. The predicted molar refractivity (Wildman–Crippen MR) is 55.0 cm³/mol. The Morgan fingerprint density at radius 1 is 1.50 bits per heavy atom. The van der Waals surface area contributed by atoms with Crippen molar-refractivity contribution in [3.63, 3.8) is 0 Å². The molecule has 0 saturated heterocycles. The fraction of sp³-hybridized carbons (Fsp3) is 0.800. The summed E-state index contributed by atoms with van der Waals surface area (Å²) in [5.74, 6) is 1.07. The van der Waals surface area contributed by atoms with Crippen molar-refractivity contribution in [1.82, 2.24) is 20.1 Å². The van der Waals surface area contributed by atoms with Crippen LogP contribution >= 0.6 is 0 Å². The van der Waals surface area contributed by atoms with Crippen molar-refractivity contribution >= 4 is 0 Å². The lowest BCUT2D eigenvalue weighted by Gasteiger charge is -2.16. The normalized spacial score (nSPS) is 20.1.